The molecular weight excluding hydrogens is 397 g/mol. The summed E-state index contributed by atoms with van der Waals surface area (Å²) >= 11 is 6.09. The second-order valence-electron chi connectivity index (χ2n) is 6.91. The second-order valence-corrected chi connectivity index (χ2v) is 7.31. The topological polar surface area (TPSA) is 54.0 Å². The summed E-state index contributed by atoms with van der Waals surface area (Å²) in [5.74, 6) is 0.892. The van der Waals surface area contributed by atoms with Crippen molar-refractivity contribution in [3.05, 3.63) is 52.8 Å². The molecule has 0 bridgehead atoms. The van der Waals surface area contributed by atoms with Crippen LogP contribution < -0.4 is 14.8 Å². The van der Waals surface area contributed by atoms with Gasteiger partial charge in [-0.1, -0.05) is 11.6 Å². The first-order valence-electron chi connectivity index (χ1n) is 9.39. The van der Waals surface area contributed by atoms with Crippen LogP contribution in [0.25, 0.3) is 0 Å². The van der Waals surface area contributed by atoms with E-state index in [1.165, 1.54) is 12.1 Å². The quantitative estimate of drug-likeness (QED) is 0.743. The van der Waals surface area contributed by atoms with Gasteiger partial charge in [0.2, 0.25) is 5.91 Å². The average molecular weight is 422 g/mol. The van der Waals surface area contributed by atoms with E-state index >= 15 is 0 Å². The molecule has 1 aliphatic rings. The number of anilines is 1. The zero-order valence-corrected chi connectivity index (χ0v) is 17.3. The van der Waals surface area contributed by atoms with Crippen LogP contribution in [0.4, 0.5) is 10.1 Å². The van der Waals surface area contributed by atoms with Crippen LogP contribution in [0.3, 0.4) is 0 Å². The minimum absolute atomic E-state index is 0.0912. The van der Waals surface area contributed by atoms with Crippen molar-refractivity contribution >= 4 is 23.2 Å². The standard InChI is InChI=1S/C21H25ClFN3O3/c1-28-19-5-3-16(23)11-15(19)13-25-7-9-26(10-8-25)14-21(27)24-17-4-6-20(29-2)18(22)12-17/h3-6,11-12H,7-10,13-14H2,1-2H3,(H,24,27). The molecule has 0 aromatic heterocycles. The highest BCUT2D eigenvalue weighted by atomic mass is 35.5. The SMILES string of the molecule is COc1ccc(NC(=O)CN2CCN(Cc3cc(F)ccc3OC)CC2)cc1Cl. The molecule has 1 amide bonds. The fraction of sp³-hybridized carbons (Fsp3) is 0.381. The van der Waals surface area contributed by atoms with Gasteiger partial charge in [-0.2, -0.15) is 0 Å². The molecule has 3 rings (SSSR count). The molecule has 6 nitrogen and oxygen atoms in total. The minimum Gasteiger partial charge on any atom is -0.496 e. The summed E-state index contributed by atoms with van der Waals surface area (Å²) in [4.78, 5) is 16.7. The molecule has 0 unspecified atom stereocenters. The lowest BCUT2D eigenvalue weighted by atomic mass is 10.1. The van der Waals surface area contributed by atoms with Gasteiger partial charge in [0.1, 0.15) is 17.3 Å². The van der Waals surface area contributed by atoms with Crippen LogP contribution in [0.15, 0.2) is 36.4 Å². The van der Waals surface area contributed by atoms with Crippen LogP contribution in [0.1, 0.15) is 5.56 Å². The van der Waals surface area contributed by atoms with E-state index < -0.39 is 0 Å². The molecule has 1 aliphatic heterocycles. The summed E-state index contributed by atoms with van der Waals surface area (Å²) in [7, 11) is 3.13. The monoisotopic (exact) mass is 421 g/mol. The van der Waals surface area contributed by atoms with Crippen LogP contribution >= 0.6 is 11.6 Å². The Hall–Kier alpha value is -2.35. The van der Waals surface area contributed by atoms with E-state index in [2.05, 4.69) is 15.1 Å². The zero-order valence-electron chi connectivity index (χ0n) is 16.6. The summed E-state index contributed by atoms with van der Waals surface area (Å²) in [6, 6.07) is 9.71. The Labute approximate surface area is 175 Å². The van der Waals surface area contributed by atoms with Crippen molar-refractivity contribution in [3.63, 3.8) is 0 Å². The fourth-order valence-corrected chi connectivity index (χ4v) is 3.62. The number of methoxy groups -OCH3 is 2. The lowest BCUT2D eigenvalue weighted by Crippen LogP contribution is -2.48. The van der Waals surface area contributed by atoms with Crippen LogP contribution in [0.2, 0.25) is 5.02 Å². The van der Waals surface area contributed by atoms with E-state index in [0.717, 1.165) is 31.7 Å². The highest BCUT2D eigenvalue weighted by Gasteiger charge is 2.20. The first-order valence-corrected chi connectivity index (χ1v) is 9.77. The molecule has 1 fully saturated rings. The molecule has 2 aromatic carbocycles. The van der Waals surface area contributed by atoms with Gasteiger partial charge in [-0.15, -0.1) is 0 Å². The Morgan fingerprint density at radius 2 is 1.69 bits per heavy atom. The van der Waals surface area contributed by atoms with E-state index in [4.69, 9.17) is 21.1 Å². The Morgan fingerprint density at radius 3 is 2.34 bits per heavy atom. The Bertz CT molecular complexity index is 857. The molecule has 0 saturated carbocycles. The molecule has 0 radical (unpaired) electrons. The summed E-state index contributed by atoms with van der Waals surface area (Å²) in [5, 5.41) is 3.31. The number of rotatable bonds is 7. The zero-order chi connectivity index (χ0) is 20.8. The molecule has 0 atom stereocenters. The summed E-state index contributed by atoms with van der Waals surface area (Å²) < 4.78 is 24.0. The predicted molar refractivity (Wildman–Crippen MR) is 111 cm³/mol. The number of hydrogen-bond acceptors (Lipinski definition) is 5. The molecule has 156 valence electrons. The van der Waals surface area contributed by atoms with Crippen molar-refractivity contribution in [1.29, 1.82) is 0 Å². The van der Waals surface area contributed by atoms with Gasteiger partial charge in [-0.25, -0.2) is 4.39 Å². The molecule has 0 spiro atoms. The molecule has 2 aromatic rings. The van der Waals surface area contributed by atoms with Gasteiger partial charge in [0, 0.05) is 44.0 Å². The van der Waals surface area contributed by atoms with Crippen molar-refractivity contribution in [2.24, 2.45) is 0 Å². The number of halogens is 2. The maximum atomic E-state index is 13.5. The number of nitrogens with zero attached hydrogens (tertiary/aromatic N) is 2. The number of hydrogen-bond donors (Lipinski definition) is 1. The van der Waals surface area contributed by atoms with E-state index in [-0.39, 0.29) is 11.7 Å². The number of amides is 1. The lowest BCUT2D eigenvalue weighted by Gasteiger charge is -2.34. The highest BCUT2D eigenvalue weighted by Crippen LogP contribution is 2.27. The third-order valence-electron chi connectivity index (χ3n) is 4.90. The van der Waals surface area contributed by atoms with Crippen LogP contribution in [-0.4, -0.2) is 62.7 Å². The van der Waals surface area contributed by atoms with E-state index in [9.17, 15) is 9.18 Å². The molecule has 0 aliphatic carbocycles. The minimum atomic E-state index is -0.269. The van der Waals surface area contributed by atoms with E-state index in [1.54, 1.807) is 38.5 Å². The van der Waals surface area contributed by atoms with Crippen molar-refractivity contribution in [2.45, 2.75) is 6.54 Å². The maximum Gasteiger partial charge on any atom is 0.238 e. The fourth-order valence-electron chi connectivity index (χ4n) is 3.36. The normalized spacial score (nSPS) is 15.2. The van der Waals surface area contributed by atoms with Gasteiger partial charge < -0.3 is 14.8 Å². The van der Waals surface area contributed by atoms with Gasteiger partial charge in [-0.3, -0.25) is 14.6 Å². The largest absolute Gasteiger partial charge is 0.496 e. The molecule has 1 N–H and O–H groups in total. The van der Waals surface area contributed by atoms with Crippen LogP contribution in [0, 0.1) is 5.82 Å². The number of carbonyl (C=O) groups excluding carboxylic acids is 1. The maximum absolute atomic E-state index is 13.5. The Kier molecular flexibility index (Phi) is 7.30. The van der Waals surface area contributed by atoms with Crippen molar-refractivity contribution < 1.29 is 18.7 Å². The van der Waals surface area contributed by atoms with Gasteiger partial charge >= 0.3 is 0 Å². The number of piperazine rings is 1. The molecule has 8 heteroatoms. The van der Waals surface area contributed by atoms with Crippen molar-refractivity contribution in [1.82, 2.24) is 9.80 Å². The summed E-state index contributed by atoms with van der Waals surface area (Å²) in [6.45, 7) is 4.03. The summed E-state index contributed by atoms with van der Waals surface area (Å²) in [5.41, 5.74) is 1.47. The second kappa shape index (κ2) is 9.91. The number of ether oxygens (including phenoxy) is 2. The first kappa shape index (κ1) is 21.4. The van der Waals surface area contributed by atoms with Crippen molar-refractivity contribution in [2.75, 3.05) is 52.3 Å². The Balaban J connectivity index is 1.48. The molecule has 1 heterocycles. The number of benzene rings is 2. The van der Waals surface area contributed by atoms with Gasteiger partial charge in [0.25, 0.3) is 0 Å². The van der Waals surface area contributed by atoms with Gasteiger partial charge in [0.05, 0.1) is 25.8 Å². The molecular formula is C21H25ClFN3O3. The molecule has 29 heavy (non-hydrogen) atoms. The third kappa shape index (κ3) is 5.82. The first-order chi connectivity index (χ1) is 14.0. The number of nitrogens with one attached hydrogen (secondary N) is 1. The lowest BCUT2D eigenvalue weighted by molar-refractivity contribution is -0.117. The van der Waals surface area contributed by atoms with E-state index in [0.29, 0.717) is 35.3 Å². The van der Waals surface area contributed by atoms with Gasteiger partial charge in [0.15, 0.2) is 0 Å². The van der Waals surface area contributed by atoms with E-state index in [1.807, 2.05) is 0 Å². The summed E-state index contributed by atoms with van der Waals surface area (Å²) in [6.07, 6.45) is 0. The average Bonchev–Trinajstić information content (AvgIpc) is 2.70. The van der Waals surface area contributed by atoms with Gasteiger partial charge in [-0.05, 0) is 36.4 Å². The predicted octanol–water partition coefficient (Wildman–Crippen LogP) is 3.25. The van der Waals surface area contributed by atoms with Crippen molar-refractivity contribution in [3.8, 4) is 11.5 Å². The highest BCUT2D eigenvalue weighted by molar-refractivity contribution is 6.32. The Morgan fingerprint density at radius 1 is 1.03 bits per heavy atom. The van der Waals surface area contributed by atoms with Crippen LogP contribution in [-0.2, 0) is 11.3 Å². The smallest absolute Gasteiger partial charge is 0.238 e. The van der Waals surface area contributed by atoms with Crippen LogP contribution in [0.5, 0.6) is 11.5 Å². The third-order valence-corrected chi connectivity index (χ3v) is 5.20. The number of carbonyl (C=O) groups is 1. The molecule has 1 saturated heterocycles.